The van der Waals surface area contributed by atoms with Gasteiger partial charge in [-0.3, -0.25) is 0 Å². The molecular formula is C23H25FN4O5S. The zero-order chi connectivity index (χ0) is 24.4. The molecule has 0 aliphatic heterocycles. The van der Waals surface area contributed by atoms with E-state index < -0.39 is 11.8 Å². The second-order valence-electron chi connectivity index (χ2n) is 8.16. The van der Waals surface area contributed by atoms with Crippen LogP contribution in [0, 0.1) is 12.7 Å². The molecule has 34 heavy (non-hydrogen) atoms. The second-order valence-corrected chi connectivity index (χ2v) is 9.16. The van der Waals surface area contributed by atoms with Crippen LogP contribution in [0.15, 0.2) is 24.5 Å². The lowest BCUT2D eigenvalue weighted by Gasteiger charge is -2.34. The third-order valence-electron chi connectivity index (χ3n) is 6.07. The van der Waals surface area contributed by atoms with Crippen LogP contribution < -0.4 is 10.1 Å². The average molecular weight is 489 g/mol. The molecule has 0 unspecified atom stereocenters. The van der Waals surface area contributed by atoms with Crippen LogP contribution in [-0.2, 0) is 4.74 Å². The molecule has 1 amide bonds. The first-order valence-corrected chi connectivity index (χ1v) is 11.6. The Labute approximate surface area is 199 Å². The van der Waals surface area contributed by atoms with Crippen molar-refractivity contribution >= 4 is 45.1 Å². The Morgan fingerprint density at radius 2 is 1.97 bits per heavy atom. The lowest BCUT2D eigenvalue weighted by Crippen LogP contribution is -2.41. The second kappa shape index (κ2) is 9.80. The number of aromatic nitrogens is 2. The maximum absolute atomic E-state index is 14.1. The number of hydrogen-bond acceptors (Lipinski definition) is 8. The molecule has 1 saturated carbocycles. The Hall–Kier alpha value is -3.47. The highest BCUT2D eigenvalue weighted by molar-refractivity contribution is 7.20. The Bertz CT molecular complexity index is 1230. The van der Waals surface area contributed by atoms with E-state index in [1.54, 1.807) is 24.9 Å². The predicted octanol–water partition coefficient (Wildman–Crippen LogP) is 4.97. The lowest BCUT2D eigenvalue weighted by atomic mass is 9.92. The number of rotatable bonds is 6. The zero-order valence-corrected chi connectivity index (χ0v) is 19.8. The fourth-order valence-electron chi connectivity index (χ4n) is 4.22. The van der Waals surface area contributed by atoms with E-state index in [-0.39, 0.29) is 23.1 Å². The van der Waals surface area contributed by atoms with E-state index in [9.17, 15) is 19.1 Å². The topological polar surface area (TPSA) is 114 Å². The summed E-state index contributed by atoms with van der Waals surface area (Å²) in [6.45, 7) is 1.71. The number of carboxylic acid groups (broad SMARTS) is 1. The van der Waals surface area contributed by atoms with Crippen LogP contribution >= 0.6 is 11.3 Å². The van der Waals surface area contributed by atoms with Crippen molar-refractivity contribution in [1.82, 2.24) is 14.9 Å². The number of anilines is 2. The fourth-order valence-corrected chi connectivity index (χ4v) is 5.21. The van der Waals surface area contributed by atoms with Crippen LogP contribution in [0.2, 0.25) is 0 Å². The average Bonchev–Trinajstić information content (AvgIpc) is 3.18. The van der Waals surface area contributed by atoms with Crippen molar-refractivity contribution in [3.8, 4) is 5.75 Å². The van der Waals surface area contributed by atoms with Crippen molar-refractivity contribution in [3.63, 3.8) is 0 Å². The van der Waals surface area contributed by atoms with Crippen molar-refractivity contribution in [1.29, 1.82) is 0 Å². The zero-order valence-electron chi connectivity index (χ0n) is 19.0. The van der Waals surface area contributed by atoms with Gasteiger partial charge < -0.3 is 24.8 Å². The van der Waals surface area contributed by atoms with Crippen LogP contribution in [0.25, 0.3) is 10.2 Å². The van der Waals surface area contributed by atoms with Gasteiger partial charge >= 0.3 is 12.1 Å². The quantitative estimate of drug-likeness (QED) is 0.500. The molecule has 0 spiro atoms. The summed E-state index contributed by atoms with van der Waals surface area (Å²) < 4.78 is 25.0. The highest BCUT2D eigenvalue weighted by atomic mass is 32.1. The Balaban J connectivity index is 1.54. The molecule has 9 nitrogen and oxygen atoms in total. The third-order valence-corrected chi connectivity index (χ3v) is 7.25. The molecule has 2 heterocycles. The van der Waals surface area contributed by atoms with Gasteiger partial charge in [0.2, 0.25) is 0 Å². The van der Waals surface area contributed by atoms with E-state index >= 15 is 0 Å². The van der Waals surface area contributed by atoms with Gasteiger partial charge in [-0.2, -0.15) is 0 Å². The number of halogens is 1. The number of nitrogens with one attached hydrogen (secondary N) is 1. The van der Waals surface area contributed by atoms with E-state index in [1.807, 2.05) is 0 Å². The van der Waals surface area contributed by atoms with Crippen molar-refractivity contribution in [2.45, 2.75) is 44.8 Å². The van der Waals surface area contributed by atoms with Gasteiger partial charge in [0.15, 0.2) is 0 Å². The molecule has 1 aromatic carbocycles. The number of ether oxygens (including phenoxy) is 2. The number of thiophene rings is 1. The molecule has 0 saturated heterocycles. The van der Waals surface area contributed by atoms with Crippen molar-refractivity contribution < 1.29 is 28.6 Å². The maximum Gasteiger partial charge on any atom is 0.409 e. The van der Waals surface area contributed by atoms with Crippen LogP contribution in [0.3, 0.4) is 0 Å². The van der Waals surface area contributed by atoms with Gasteiger partial charge in [-0.05, 0) is 50.3 Å². The molecule has 3 aromatic rings. The first kappa shape index (κ1) is 23.7. The van der Waals surface area contributed by atoms with Gasteiger partial charge in [0.05, 0.1) is 24.3 Å². The van der Waals surface area contributed by atoms with E-state index in [2.05, 4.69) is 15.3 Å². The van der Waals surface area contributed by atoms with Gasteiger partial charge in [0.25, 0.3) is 0 Å². The number of benzene rings is 1. The highest BCUT2D eigenvalue weighted by Gasteiger charge is 2.28. The van der Waals surface area contributed by atoms with Crippen molar-refractivity contribution in [2.24, 2.45) is 0 Å². The normalized spacial score (nSPS) is 17.9. The SMILES string of the molecule is COC(=O)N(C)C1CCC(Oc2cc(F)ccc2Nc2ncnc3sc(C(=O)O)c(C)c23)CC1. The van der Waals surface area contributed by atoms with Crippen molar-refractivity contribution in [2.75, 3.05) is 19.5 Å². The molecule has 180 valence electrons. The highest BCUT2D eigenvalue weighted by Crippen LogP contribution is 2.37. The molecule has 0 radical (unpaired) electrons. The number of methoxy groups -OCH3 is 1. The number of carboxylic acids is 1. The molecular weight excluding hydrogens is 463 g/mol. The number of carbonyl (C=O) groups excluding carboxylic acids is 1. The standard InChI is InChI=1S/C23H25FN4O5S/c1-12-18-20(25-11-26-21(18)34-19(12)22(29)30)27-16-9-4-13(24)10-17(16)33-15-7-5-14(6-8-15)28(2)23(31)32-3/h4,9-11,14-15H,5-8H2,1-3H3,(H,29,30)(H,25,26,27). The number of amides is 1. The summed E-state index contributed by atoms with van der Waals surface area (Å²) in [5.41, 5.74) is 1.07. The van der Waals surface area contributed by atoms with Gasteiger partial charge in [-0.15, -0.1) is 11.3 Å². The largest absolute Gasteiger partial charge is 0.488 e. The molecule has 0 atom stereocenters. The molecule has 1 fully saturated rings. The summed E-state index contributed by atoms with van der Waals surface area (Å²) in [4.78, 5) is 34.1. The number of carbonyl (C=O) groups is 2. The first-order valence-electron chi connectivity index (χ1n) is 10.8. The van der Waals surface area contributed by atoms with E-state index in [0.29, 0.717) is 45.9 Å². The summed E-state index contributed by atoms with van der Waals surface area (Å²) >= 11 is 1.08. The van der Waals surface area contributed by atoms with Crippen LogP contribution in [0.5, 0.6) is 5.75 Å². The van der Waals surface area contributed by atoms with Gasteiger partial charge in [0, 0.05) is 19.2 Å². The summed E-state index contributed by atoms with van der Waals surface area (Å²) in [7, 11) is 3.08. The third kappa shape index (κ3) is 4.74. The minimum atomic E-state index is -1.02. The van der Waals surface area contributed by atoms with Crippen molar-refractivity contribution in [3.05, 3.63) is 40.8 Å². The van der Waals surface area contributed by atoms with Crippen LogP contribution in [0.4, 0.5) is 20.7 Å². The van der Waals surface area contributed by atoms with Crippen LogP contribution in [0.1, 0.15) is 40.9 Å². The predicted molar refractivity (Wildman–Crippen MR) is 126 cm³/mol. The molecule has 4 rings (SSSR count). The minimum Gasteiger partial charge on any atom is -0.488 e. The van der Waals surface area contributed by atoms with Gasteiger partial charge in [-0.25, -0.2) is 23.9 Å². The van der Waals surface area contributed by atoms with Gasteiger partial charge in [0.1, 0.15) is 33.4 Å². The fraction of sp³-hybridized carbons (Fsp3) is 0.391. The molecule has 0 bridgehead atoms. The van der Waals surface area contributed by atoms with E-state index in [4.69, 9.17) is 9.47 Å². The molecule has 11 heteroatoms. The minimum absolute atomic E-state index is 0.0664. The van der Waals surface area contributed by atoms with E-state index in [1.165, 1.54) is 25.6 Å². The Morgan fingerprint density at radius 1 is 1.24 bits per heavy atom. The smallest absolute Gasteiger partial charge is 0.409 e. The Morgan fingerprint density at radius 3 is 2.65 bits per heavy atom. The molecule has 1 aliphatic rings. The number of nitrogens with zero attached hydrogens (tertiary/aromatic N) is 3. The Kier molecular flexibility index (Phi) is 6.82. The summed E-state index contributed by atoms with van der Waals surface area (Å²) in [5, 5.41) is 13.2. The summed E-state index contributed by atoms with van der Waals surface area (Å²) in [6, 6.07) is 4.27. The monoisotopic (exact) mass is 488 g/mol. The number of fused-ring (bicyclic) bond motifs is 1. The number of aromatic carboxylic acids is 1. The summed E-state index contributed by atoms with van der Waals surface area (Å²) in [5.74, 6) is -0.702. The molecule has 1 aliphatic carbocycles. The number of aryl methyl sites for hydroxylation is 1. The lowest BCUT2D eigenvalue weighted by molar-refractivity contribution is 0.0701. The van der Waals surface area contributed by atoms with Gasteiger partial charge in [-0.1, -0.05) is 0 Å². The summed E-state index contributed by atoms with van der Waals surface area (Å²) in [6.07, 6.45) is 3.73. The molecule has 2 aromatic heterocycles. The first-order chi connectivity index (χ1) is 16.3. The van der Waals surface area contributed by atoms with E-state index in [0.717, 1.165) is 24.2 Å². The maximum atomic E-state index is 14.1. The van der Waals surface area contributed by atoms with Crippen LogP contribution in [-0.4, -0.2) is 58.3 Å². The number of hydrogen-bond donors (Lipinski definition) is 2. The molecule has 2 N–H and O–H groups in total.